The van der Waals surface area contributed by atoms with E-state index in [0.717, 1.165) is 5.56 Å². The van der Waals surface area contributed by atoms with Gasteiger partial charge in [0, 0.05) is 26.7 Å². The maximum atomic E-state index is 12.7. The van der Waals surface area contributed by atoms with Crippen LogP contribution in [0.3, 0.4) is 0 Å². The maximum absolute atomic E-state index is 12.7. The van der Waals surface area contributed by atoms with Gasteiger partial charge in [-0.25, -0.2) is 4.68 Å². The van der Waals surface area contributed by atoms with Crippen molar-refractivity contribution in [3.8, 4) is 0 Å². The first-order valence-electron chi connectivity index (χ1n) is 9.43. The third kappa shape index (κ3) is 6.40. The zero-order chi connectivity index (χ0) is 21.4. The lowest BCUT2D eigenvalue weighted by molar-refractivity contribution is -0.129. The number of carbonyl (C=O) groups excluding carboxylic acids is 2. The summed E-state index contributed by atoms with van der Waals surface area (Å²) in [6.07, 6.45) is 0. The number of hydrogen-bond acceptors (Lipinski definition) is 7. The number of amides is 2. The molecule has 8 nitrogen and oxygen atoms in total. The molecular weight excluding hydrogens is 408 g/mol. The van der Waals surface area contributed by atoms with E-state index in [-0.39, 0.29) is 22.8 Å². The molecule has 0 saturated carbocycles. The molecule has 29 heavy (non-hydrogen) atoms. The van der Waals surface area contributed by atoms with Gasteiger partial charge in [-0.2, -0.15) is 0 Å². The van der Waals surface area contributed by atoms with Crippen molar-refractivity contribution in [1.82, 2.24) is 24.7 Å². The Balaban J connectivity index is 1.92. The SMILES string of the molecule is CCN(CC)C(=O)CSc1nnc(SC(C)C(=O)N(C)Cc2ccccc2)n1N. The van der Waals surface area contributed by atoms with Crippen LogP contribution in [-0.2, 0) is 16.1 Å². The van der Waals surface area contributed by atoms with Gasteiger partial charge in [0.05, 0.1) is 11.0 Å². The molecule has 158 valence electrons. The summed E-state index contributed by atoms with van der Waals surface area (Å²) in [5.74, 6) is 6.34. The van der Waals surface area contributed by atoms with E-state index < -0.39 is 0 Å². The maximum Gasteiger partial charge on any atom is 0.235 e. The average molecular weight is 437 g/mol. The van der Waals surface area contributed by atoms with Crippen molar-refractivity contribution >= 4 is 35.3 Å². The van der Waals surface area contributed by atoms with Crippen LogP contribution in [0, 0.1) is 0 Å². The summed E-state index contributed by atoms with van der Waals surface area (Å²) in [7, 11) is 1.78. The standard InChI is InChI=1S/C19H28N6O2S2/c1-5-24(6-2)16(26)13-28-18-21-22-19(25(18)20)29-14(3)17(27)23(4)12-15-10-8-7-9-11-15/h7-11,14H,5-6,12-13,20H2,1-4H3. The molecule has 2 rings (SSSR count). The predicted molar refractivity (Wildman–Crippen MR) is 117 cm³/mol. The van der Waals surface area contributed by atoms with Crippen molar-refractivity contribution in [2.45, 2.75) is 42.9 Å². The number of carbonyl (C=O) groups is 2. The smallest absolute Gasteiger partial charge is 0.235 e. The van der Waals surface area contributed by atoms with Crippen LogP contribution in [0.4, 0.5) is 0 Å². The van der Waals surface area contributed by atoms with E-state index in [1.165, 1.54) is 28.2 Å². The molecule has 1 unspecified atom stereocenters. The predicted octanol–water partition coefficient (Wildman–Crippen LogP) is 2.09. The first-order valence-corrected chi connectivity index (χ1v) is 11.3. The van der Waals surface area contributed by atoms with E-state index in [1.54, 1.807) is 16.8 Å². The number of nitrogens with two attached hydrogens (primary N) is 1. The quantitative estimate of drug-likeness (QED) is 0.450. The number of benzene rings is 1. The van der Waals surface area contributed by atoms with E-state index in [4.69, 9.17) is 5.84 Å². The van der Waals surface area contributed by atoms with Crippen LogP contribution in [0.5, 0.6) is 0 Å². The van der Waals surface area contributed by atoms with Crippen molar-refractivity contribution in [2.75, 3.05) is 31.7 Å². The zero-order valence-corrected chi connectivity index (χ0v) is 18.9. The molecule has 1 aromatic heterocycles. The molecule has 2 aromatic rings. The third-order valence-electron chi connectivity index (χ3n) is 4.34. The van der Waals surface area contributed by atoms with Crippen molar-refractivity contribution in [2.24, 2.45) is 0 Å². The number of rotatable bonds is 10. The van der Waals surface area contributed by atoms with Gasteiger partial charge < -0.3 is 15.6 Å². The number of thioether (sulfide) groups is 2. The molecule has 0 saturated heterocycles. The Morgan fingerprint density at radius 2 is 1.76 bits per heavy atom. The summed E-state index contributed by atoms with van der Waals surface area (Å²) in [4.78, 5) is 28.3. The summed E-state index contributed by atoms with van der Waals surface area (Å²) in [5.41, 5.74) is 1.07. The summed E-state index contributed by atoms with van der Waals surface area (Å²) in [6.45, 7) is 7.58. The zero-order valence-electron chi connectivity index (χ0n) is 17.2. The van der Waals surface area contributed by atoms with Gasteiger partial charge in [-0.3, -0.25) is 9.59 Å². The fourth-order valence-corrected chi connectivity index (χ4v) is 4.39. The highest BCUT2D eigenvalue weighted by Gasteiger charge is 2.23. The largest absolute Gasteiger partial charge is 0.343 e. The Hall–Kier alpha value is -2.20. The molecule has 0 radical (unpaired) electrons. The van der Waals surface area contributed by atoms with Crippen LogP contribution in [0.2, 0.25) is 0 Å². The van der Waals surface area contributed by atoms with E-state index in [2.05, 4.69) is 10.2 Å². The fourth-order valence-electron chi connectivity index (χ4n) is 2.69. The average Bonchev–Trinajstić information content (AvgIpc) is 3.06. The number of aromatic nitrogens is 3. The fraction of sp³-hybridized carbons (Fsp3) is 0.474. The summed E-state index contributed by atoms with van der Waals surface area (Å²) in [5, 5.41) is 8.66. The third-order valence-corrected chi connectivity index (χ3v) is 6.32. The van der Waals surface area contributed by atoms with Gasteiger partial charge in [0.15, 0.2) is 0 Å². The monoisotopic (exact) mass is 436 g/mol. The Morgan fingerprint density at radius 1 is 1.14 bits per heavy atom. The normalized spacial score (nSPS) is 11.9. The Morgan fingerprint density at radius 3 is 2.38 bits per heavy atom. The molecule has 2 N–H and O–H groups in total. The molecule has 0 fully saturated rings. The Kier molecular flexibility index (Phi) is 8.84. The number of nitrogens with zero attached hydrogens (tertiary/aromatic N) is 5. The van der Waals surface area contributed by atoms with Crippen LogP contribution < -0.4 is 5.84 Å². The minimum Gasteiger partial charge on any atom is -0.343 e. The second-order valence-corrected chi connectivity index (χ2v) is 8.68. The first-order chi connectivity index (χ1) is 13.9. The first kappa shape index (κ1) is 23.1. The molecule has 0 aliphatic carbocycles. The van der Waals surface area contributed by atoms with Gasteiger partial charge in [0.25, 0.3) is 0 Å². The minimum absolute atomic E-state index is 0.0206. The van der Waals surface area contributed by atoms with E-state index in [9.17, 15) is 9.59 Å². The van der Waals surface area contributed by atoms with Crippen molar-refractivity contribution in [3.05, 3.63) is 35.9 Å². The number of nitrogen functional groups attached to an aromatic ring is 1. The second kappa shape index (κ2) is 11.1. The lowest BCUT2D eigenvalue weighted by Crippen LogP contribution is -2.33. The van der Waals surface area contributed by atoms with Gasteiger partial charge >= 0.3 is 0 Å². The lowest BCUT2D eigenvalue weighted by Gasteiger charge is -2.21. The van der Waals surface area contributed by atoms with Gasteiger partial charge in [0.2, 0.25) is 22.1 Å². The van der Waals surface area contributed by atoms with Crippen LogP contribution in [0.1, 0.15) is 26.3 Å². The minimum atomic E-state index is -0.370. The highest BCUT2D eigenvalue weighted by atomic mass is 32.2. The van der Waals surface area contributed by atoms with Crippen LogP contribution in [0.25, 0.3) is 0 Å². The molecule has 1 atom stereocenters. The van der Waals surface area contributed by atoms with Gasteiger partial charge in [-0.1, -0.05) is 53.9 Å². The summed E-state index contributed by atoms with van der Waals surface area (Å²) >= 11 is 2.50. The molecule has 0 spiro atoms. The molecule has 2 amide bonds. The van der Waals surface area contributed by atoms with Crippen LogP contribution >= 0.6 is 23.5 Å². The van der Waals surface area contributed by atoms with Crippen LogP contribution in [0.15, 0.2) is 40.6 Å². The Bertz CT molecular complexity index is 810. The van der Waals surface area contributed by atoms with E-state index >= 15 is 0 Å². The van der Waals surface area contributed by atoms with E-state index in [0.29, 0.717) is 29.9 Å². The van der Waals surface area contributed by atoms with E-state index in [1.807, 2.05) is 51.1 Å². The lowest BCUT2D eigenvalue weighted by atomic mass is 10.2. The highest BCUT2D eigenvalue weighted by Crippen LogP contribution is 2.25. The summed E-state index contributed by atoms with van der Waals surface area (Å²) in [6, 6.07) is 9.82. The van der Waals surface area contributed by atoms with Gasteiger partial charge in [-0.15, -0.1) is 10.2 Å². The molecule has 0 aliphatic rings. The van der Waals surface area contributed by atoms with Crippen molar-refractivity contribution < 1.29 is 9.59 Å². The molecule has 0 aliphatic heterocycles. The van der Waals surface area contributed by atoms with Crippen molar-refractivity contribution in [1.29, 1.82) is 0 Å². The Labute approximate surface area is 180 Å². The molecule has 1 heterocycles. The number of hydrogen-bond donors (Lipinski definition) is 1. The highest BCUT2D eigenvalue weighted by molar-refractivity contribution is 8.00. The second-order valence-electron chi connectivity index (χ2n) is 6.43. The molecule has 0 bridgehead atoms. The van der Waals surface area contributed by atoms with Crippen LogP contribution in [-0.4, -0.2) is 67.6 Å². The van der Waals surface area contributed by atoms with Gasteiger partial charge in [-0.05, 0) is 26.3 Å². The molecular formula is C19H28N6O2S2. The van der Waals surface area contributed by atoms with Crippen molar-refractivity contribution in [3.63, 3.8) is 0 Å². The molecule has 10 heteroatoms. The summed E-state index contributed by atoms with van der Waals surface area (Å²) < 4.78 is 1.34. The topological polar surface area (TPSA) is 97.4 Å². The molecule has 1 aromatic carbocycles. The van der Waals surface area contributed by atoms with Gasteiger partial charge in [0.1, 0.15) is 0 Å².